The molecule has 0 atom stereocenters. The number of benzene rings is 1. The van der Waals surface area contributed by atoms with Crippen molar-refractivity contribution in [2.24, 2.45) is 0 Å². The third-order valence-electron chi connectivity index (χ3n) is 1.66. The van der Waals surface area contributed by atoms with Crippen molar-refractivity contribution in [3.8, 4) is 0 Å². The molecule has 3 nitrogen and oxygen atoms in total. The zero-order chi connectivity index (χ0) is 9.68. The van der Waals surface area contributed by atoms with Crippen molar-refractivity contribution < 1.29 is 14.6 Å². The van der Waals surface area contributed by atoms with Gasteiger partial charge in [-0.25, -0.2) is 4.39 Å². The van der Waals surface area contributed by atoms with E-state index in [9.17, 15) is 4.39 Å². The first-order chi connectivity index (χ1) is 6.26. The summed E-state index contributed by atoms with van der Waals surface area (Å²) in [6, 6.07) is 5.33. The minimum atomic E-state index is -0.398. The van der Waals surface area contributed by atoms with Crippen LogP contribution in [0.2, 0.25) is 0 Å². The normalized spacial score (nSPS) is 10.5. The molecule has 3 N–H and O–H groups in total. The van der Waals surface area contributed by atoms with Crippen molar-refractivity contribution in [1.29, 1.82) is 0 Å². The van der Waals surface area contributed by atoms with Crippen molar-refractivity contribution in [1.82, 2.24) is 0 Å². The van der Waals surface area contributed by atoms with Crippen LogP contribution in [0.1, 0.15) is 0 Å². The molecular weight excluding hydrogens is 173 g/mol. The molecule has 0 amide bonds. The summed E-state index contributed by atoms with van der Waals surface area (Å²) in [6.07, 6.45) is 0. The predicted octanol–water partition coefficient (Wildman–Crippen LogP) is 0.591. The van der Waals surface area contributed by atoms with Gasteiger partial charge in [-0.2, -0.15) is 0 Å². The molecule has 4 heteroatoms. The molecule has 0 spiro atoms. The number of aliphatic hydroxyl groups excluding tert-OH is 2. The van der Waals surface area contributed by atoms with Crippen LogP contribution in [-0.2, 0) is 0 Å². The molecule has 0 radical (unpaired) electrons. The summed E-state index contributed by atoms with van der Waals surface area (Å²) in [5, 5.41) is 20.3. The number of hydrogen-bond acceptors (Lipinski definition) is 3. The number of nitrogens with one attached hydrogen (secondary N) is 1. The molecule has 1 aromatic carbocycles. The van der Waals surface area contributed by atoms with Gasteiger partial charge < -0.3 is 15.5 Å². The fourth-order valence-electron chi connectivity index (χ4n) is 0.931. The van der Waals surface area contributed by atoms with Crippen LogP contribution in [0.15, 0.2) is 24.3 Å². The van der Waals surface area contributed by atoms with Gasteiger partial charge in [0.15, 0.2) is 0 Å². The molecular formula is C9H12FNO2. The maximum atomic E-state index is 12.5. The van der Waals surface area contributed by atoms with Crippen LogP contribution in [0.3, 0.4) is 0 Å². The van der Waals surface area contributed by atoms with Crippen LogP contribution in [0, 0.1) is 5.82 Å². The first-order valence-corrected chi connectivity index (χ1v) is 4.00. The Labute approximate surface area is 75.8 Å². The predicted molar refractivity (Wildman–Crippen MR) is 48.0 cm³/mol. The van der Waals surface area contributed by atoms with Gasteiger partial charge in [-0.3, -0.25) is 0 Å². The van der Waals surface area contributed by atoms with E-state index >= 15 is 0 Å². The van der Waals surface area contributed by atoms with Crippen LogP contribution >= 0.6 is 0 Å². The second-order valence-electron chi connectivity index (χ2n) is 2.71. The van der Waals surface area contributed by atoms with E-state index in [2.05, 4.69) is 5.32 Å². The van der Waals surface area contributed by atoms with E-state index in [4.69, 9.17) is 10.2 Å². The van der Waals surface area contributed by atoms with E-state index in [1.807, 2.05) is 0 Å². The number of aliphatic hydroxyl groups is 2. The molecule has 1 aromatic rings. The molecule has 72 valence electrons. The van der Waals surface area contributed by atoms with Gasteiger partial charge in [-0.15, -0.1) is 0 Å². The second kappa shape index (κ2) is 4.79. The quantitative estimate of drug-likeness (QED) is 0.643. The Balaban J connectivity index is 2.58. The van der Waals surface area contributed by atoms with Crippen LogP contribution in [0.4, 0.5) is 10.1 Å². The van der Waals surface area contributed by atoms with E-state index in [0.717, 1.165) is 0 Å². The average molecular weight is 185 g/mol. The maximum Gasteiger partial charge on any atom is 0.123 e. The van der Waals surface area contributed by atoms with Crippen LogP contribution in [-0.4, -0.2) is 29.5 Å². The number of rotatable bonds is 4. The van der Waals surface area contributed by atoms with Crippen molar-refractivity contribution in [3.63, 3.8) is 0 Å². The molecule has 0 aliphatic carbocycles. The van der Waals surface area contributed by atoms with Gasteiger partial charge in [0, 0.05) is 5.69 Å². The Hall–Kier alpha value is -1.13. The fourth-order valence-corrected chi connectivity index (χ4v) is 0.931. The SMILES string of the molecule is OCC(CO)Nc1ccc(F)cc1. The smallest absolute Gasteiger partial charge is 0.123 e. The summed E-state index contributed by atoms with van der Waals surface area (Å²) in [4.78, 5) is 0. The Morgan fingerprint density at radius 3 is 2.15 bits per heavy atom. The maximum absolute atomic E-state index is 12.5. The summed E-state index contributed by atoms with van der Waals surface area (Å²) in [5.74, 6) is -0.310. The molecule has 0 aliphatic heterocycles. The lowest BCUT2D eigenvalue weighted by atomic mass is 10.2. The van der Waals surface area contributed by atoms with Gasteiger partial charge >= 0.3 is 0 Å². The van der Waals surface area contributed by atoms with Crippen molar-refractivity contribution in [2.45, 2.75) is 6.04 Å². The highest BCUT2D eigenvalue weighted by molar-refractivity contribution is 5.43. The number of halogens is 1. The largest absolute Gasteiger partial charge is 0.394 e. The first kappa shape index (κ1) is 9.95. The van der Waals surface area contributed by atoms with E-state index in [1.54, 1.807) is 12.1 Å². The zero-order valence-corrected chi connectivity index (χ0v) is 7.07. The molecule has 0 fully saturated rings. The number of anilines is 1. The molecule has 0 aliphatic rings. The van der Waals surface area contributed by atoms with Crippen molar-refractivity contribution in [3.05, 3.63) is 30.1 Å². The Bertz CT molecular complexity index is 246. The molecule has 0 heterocycles. The van der Waals surface area contributed by atoms with E-state index in [1.165, 1.54) is 12.1 Å². The highest BCUT2D eigenvalue weighted by atomic mass is 19.1. The molecule has 0 bridgehead atoms. The highest BCUT2D eigenvalue weighted by Crippen LogP contribution is 2.09. The van der Waals surface area contributed by atoms with Crippen LogP contribution in [0.5, 0.6) is 0 Å². The van der Waals surface area contributed by atoms with E-state index < -0.39 is 6.04 Å². The van der Waals surface area contributed by atoms with Gasteiger partial charge in [0.1, 0.15) is 5.82 Å². The highest BCUT2D eigenvalue weighted by Gasteiger charge is 2.04. The van der Waals surface area contributed by atoms with Crippen molar-refractivity contribution in [2.75, 3.05) is 18.5 Å². The standard InChI is InChI=1S/C9H12FNO2/c10-7-1-3-8(4-2-7)11-9(5-12)6-13/h1-4,9,11-13H,5-6H2. The number of hydrogen-bond donors (Lipinski definition) is 3. The van der Waals surface area contributed by atoms with Crippen molar-refractivity contribution >= 4 is 5.69 Å². The summed E-state index contributed by atoms with van der Waals surface area (Å²) >= 11 is 0. The third kappa shape index (κ3) is 3.01. The minimum Gasteiger partial charge on any atom is -0.394 e. The van der Waals surface area contributed by atoms with Gasteiger partial charge in [0.05, 0.1) is 19.3 Å². The van der Waals surface area contributed by atoms with Gasteiger partial charge in [0.25, 0.3) is 0 Å². The lowest BCUT2D eigenvalue weighted by Gasteiger charge is -2.14. The summed E-state index contributed by atoms with van der Waals surface area (Å²) in [5.41, 5.74) is 0.675. The molecule has 0 aromatic heterocycles. The molecule has 0 saturated heterocycles. The van der Waals surface area contributed by atoms with Gasteiger partial charge in [-0.05, 0) is 24.3 Å². The molecule has 0 unspecified atom stereocenters. The van der Waals surface area contributed by atoms with Gasteiger partial charge in [-0.1, -0.05) is 0 Å². The average Bonchev–Trinajstić information content (AvgIpc) is 2.17. The van der Waals surface area contributed by atoms with E-state index in [0.29, 0.717) is 5.69 Å². The van der Waals surface area contributed by atoms with E-state index in [-0.39, 0.29) is 19.0 Å². The molecule has 13 heavy (non-hydrogen) atoms. The van der Waals surface area contributed by atoms with Gasteiger partial charge in [0.2, 0.25) is 0 Å². The lowest BCUT2D eigenvalue weighted by Crippen LogP contribution is -2.27. The van der Waals surface area contributed by atoms with Crippen LogP contribution < -0.4 is 5.32 Å². The molecule has 0 saturated carbocycles. The Morgan fingerprint density at radius 1 is 1.15 bits per heavy atom. The topological polar surface area (TPSA) is 52.5 Å². The minimum absolute atomic E-state index is 0.159. The lowest BCUT2D eigenvalue weighted by molar-refractivity contribution is 0.204. The molecule has 1 rings (SSSR count). The Morgan fingerprint density at radius 2 is 1.69 bits per heavy atom. The van der Waals surface area contributed by atoms with Crippen LogP contribution in [0.25, 0.3) is 0 Å². The summed E-state index contributed by atoms with van der Waals surface area (Å²) in [7, 11) is 0. The zero-order valence-electron chi connectivity index (χ0n) is 7.07. The monoisotopic (exact) mass is 185 g/mol. The Kier molecular flexibility index (Phi) is 3.67. The fraction of sp³-hybridized carbons (Fsp3) is 0.333. The third-order valence-corrected chi connectivity index (χ3v) is 1.66. The second-order valence-corrected chi connectivity index (χ2v) is 2.71. The summed E-state index contributed by atoms with van der Waals surface area (Å²) in [6.45, 7) is -0.318. The first-order valence-electron chi connectivity index (χ1n) is 4.00. The summed E-state index contributed by atoms with van der Waals surface area (Å²) < 4.78 is 12.5.